The lowest BCUT2D eigenvalue weighted by Gasteiger charge is -2.33. The van der Waals surface area contributed by atoms with Crippen molar-refractivity contribution in [2.24, 2.45) is 4.99 Å². The van der Waals surface area contributed by atoms with Crippen LogP contribution in [-0.4, -0.2) is 44.1 Å². The number of alkyl halides is 1. The molecule has 0 aliphatic carbocycles. The number of anilines is 1. The van der Waals surface area contributed by atoms with E-state index in [4.69, 9.17) is 14.2 Å². The molecule has 0 saturated carbocycles. The van der Waals surface area contributed by atoms with Crippen molar-refractivity contribution in [3.05, 3.63) is 71.6 Å². The Hall–Kier alpha value is -3.82. The van der Waals surface area contributed by atoms with Crippen LogP contribution in [0, 0.1) is 11.6 Å². The number of amidine groups is 1. The normalized spacial score (nSPS) is 20.7. The number of methoxy groups -OCH3 is 1. The second-order valence-electron chi connectivity index (χ2n) is 7.37. The molecule has 2 atom stereocenters. The highest BCUT2D eigenvalue weighted by Crippen LogP contribution is 2.40. The number of hydrogen-bond donors (Lipinski definition) is 1. The van der Waals surface area contributed by atoms with Gasteiger partial charge in [0.05, 0.1) is 12.7 Å². The first-order valence-corrected chi connectivity index (χ1v) is 10.2. The van der Waals surface area contributed by atoms with Crippen LogP contribution in [0.5, 0.6) is 17.2 Å². The van der Waals surface area contributed by atoms with Crippen LogP contribution in [0.15, 0.2) is 59.4 Å². The first-order valence-electron chi connectivity index (χ1n) is 10.2. The van der Waals surface area contributed by atoms with E-state index in [1.54, 1.807) is 41.3 Å². The molecule has 0 spiro atoms. The lowest BCUT2D eigenvalue weighted by molar-refractivity contribution is 0.171. The quantitative estimate of drug-likeness (QED) is 0.695. The molecular weight excluding hydrogens is 439 g/mol. The minimum absolute atomic E-state index is 0.242. The van der Waals surface area contributed by atoms with E-state index in [2.05, 4.69) is 15.0 Å². The van der Waals surface area contributed by atoms with Crippen LogP contribution in [0.25, 0.3) is 0 Å². The molecule has 0 amide bonds. The molecule has 33 heavy (non-hydrogen) atoms. The molecule has 172 valence electrons. The summed E-state index contributed by atoms with van der Waals surface area (Å²) in [6, 6.07) is 6.19. The zero-order chi connectivity index (χ0) is 22.9. The Bertz CT molecular complexity index is 1140. The standard InChI is InChI=1S/C23H20F3N3O4/c1-30-20-4-2-3-19-28-22(21-15(25)10-14(33-12-24)11-16(21)26)23(29(19)20)27-13-5-6-17-18(9-13)32-8-7-31-17/h2-6,9-11,22-23,27H,7-8,12H2,1H3. The van der Waals surface area contributed by atoms with Crippen molar-refractivity contribution < 1.29 is 32.1 Å². The van der Waals surface area contributed by atoms with Gasteiger partial charge in [0.25, 0.3) is 0 Å². The number of rotatable bonds is 6. The van der Waals surface area contributed by atoms with E-state index in [1.807, 2.05) is 0 Å². The Morgan fingerprint density at radius 3 is 2.61 bits per heavy atom. The summed E-state index contributed by atoms with van der Waals surface area (Å²) in [5.74, 6) is 0.0680. The minimum atomic E-state index is -1.20. The molecule has 0 radical (unpaired) electrons. The zero-order valence-electron chi connectivity index (χ0n) is 17.6. The molecular formula is C23H20F3N3O4. The van der Waals surface area contributed by atoms with Crippen LogP contribution in [0.1, 0.15) is 11.6 Å². The number of fused-ring (bicyclic) bond motifs is 2. The topological polar surface area (TPSA) is 64.5 Å². The first kappa shape index (κ1) is 21.0. The lowest BCUT2D eigenvalue weighted by atomic mass is 10.0. The van der Waals surface area contributed by atoms with Gasteiger partial charge < -0.3 is 24.3 Å². The van der Waals surface area contributed by atoms with Crippen LogP contribution in [0.4, 0.5) is 18.9 Å². The average molecular weight is 459 g/mol. The molecule has 5 rings (SSSR count). The zero-order valence-corrected chi connectivity index (χ0v) is 17.6. The van der Waals surface area contributed by atoms with Gasteiger partial charge in [-0.1, -0.05) is 6.08 Å². The van der Waals surface area contributed by atoms with Crippen molar-refractivity contribution in [3.63, 3.8) is 0 Å². The SMILES string of the molecule is COC1=CC=CC2=NC(c3c(F)cc(OCF)cc3F)C(Nc3ccc4c(c3)OCCO4)N12. The van der Waals surface area contributed by atoms with Crippen molar-refractivity contribution in [2.45, 2.75) is 12.2 Å². The maximum absolute atomic E-state index is 15.0. The summed E-state index contributed by atoms with van der Waals surface area (Å²) in [5, 5.41) is 3.29. The largest absolute Gasteiger partial charge is 0.486 e. The van der Waals surface area contributed by atoms with Gasteiger partial charge in [0, 0.05) is 23.9 Å². The minimum Gasteiger partial charge on any atom is -0.486 e. The van der Waals surface area contributed by atoms with Gasteiger partial charge in [0.1, 0.15) is 48.6 Å². The molecule has 2 unspecified atom stereocenters. The van der Waals surface area contributed by atoms with Crippen LogP contribution < -0.4 is 19.5 Å². The van der Waals surface area contributed by atoms with Gasteiger partial charge in [-0.15, -0.1) is 0 Å². The van der Waals surface area contributed by atoms with Crippen molar-refractivity contribution in [1.82, 2.24) is 4.90 Å². The summed E-state index contributed by atoms with van der Waals surface area (Å²) < 4.78 is 63.8. The Balaban J connectivity index is 1.54. The summed E-state index contributed by atoms with van der Waals surface area (Å²) in [4.78, 5) is 6.28. The Kier molecular flexibility index (Phi) is 5.49. The molecule has 0 fully saturated rings. The molecule has 3 heterocycles. The summed E-state index contributed by atoms with van der Waals surface area (Å²) in [6.07, 6.45) is 4.45. The molecule has 3 aliphatic rings. The second kappa shape index (κ2) is 8.61. The fourth-order valence-electron chi connectivity index (χ4n) is 4.06. The van der Waals surface area contributed by atoms with E-state index < -0.39 is 30.7 Å². The highest BCUT2D eigenvalue weighted by atomic mass is 19.1. The Labute approximate surface area is 187 Å². The van der Waals surface area contributed by atoms with Gasteiger partial charge in [-0.05, 0) is 24.3 Å². The van der Waals surface area contributed by atoms with Crippen molar-refractivity contribution in [3.8, 4) is 17.2 Å². The highest BCUT2D eigenvalue weighted by molar-refractivity contribution is 5.97. The summed E-state index contributed by atoms with van der Waals surface area (Å²) in [7, 11) is 1.50. The smallest absolute Gasteiger partial charge is 0.228 e. The third kappa shape index (κ3) is 3.81. The summed E-state index contributed by atoms with van der Waals surface area (Å²) in [6.45, 7) is -0.309. The van der Waals surface area contributed by atoms with Gasteiger partial charge in [-0.3, -0.25) is 9.89 Å². The van der Waals surface area contributed by atoms with E-state index in [1.165, 1.54) is 7.11 Å². The fraction of sp³-hybridized carbons (Fsp3) is 0.261. The molecule has 7 nitrogen and oxygen atoms in total. The Morgan fingerprint density at radius 2 is 1.88 bits per heavy atom. The van der Waals surface area contributed by atoms with Gasteiger partial charge >= 0.3 is 0 Å². The maximum Gasteiger partial charge on any atom is 0.228 e. The number of allylic oxidation sites excluding steroid dienone is 2. The number of benzene rings is 2. The van der Waals surface area contributed by atoms with Crippen LogP contribution in [0.3, 0.4) is 0 Å². The predicted octanol–water partition coefficient (Wildman–Crippen LogP) is 4.29. The Morgan fingerprint density at radius 1 is 1.12 bits per heavy atom. The van der Waals surface area contributed by atoms with Gasteiger partial charge in [0.15, 0.2) is 17.4 Å². The molecule has 0 aromatic heterocycles. The van der Waals surface area contributed by atoms with Crippen molar-refractivity contribution in [1.29, 1.82) is 0 Å². The molecule has 1 N–H and O–H groups in total. The number of nitrogens with one attached hydrogen (secondary N) is 1. The van der Waals surface area contributed by atoms with E-state index in [-0.39, 0.29) is 11.3 Å². The fourth-order valence-corrected chi connectivity index (χ4v) is 4.06. The number of aliphatic imine (C=N–C) groups is 1. The number of nitrogens with zero attached hydrogens (tertiary/aromatic N) is 2. The summed E-state index contributed by atoms with van der Waals surface area (Å²) >= 11 is 0. The lowest BCUT2D eigenvalue weighted by Crippen LogP contribution is -2.43. The second-order valence-corrected chi connectivity index (χ2v) is 7.37. The van der Waals surface area contributed by atoms with E-state index >= 15 is 8.78 Å². The molecule has 3 aliphatic heterocycles. The third-order valence-electron chi connectivity index (χ3n) is 5.45. The average Bonchev–Trinajstić information content (AvgIpc) is 3.16. The van der Waals surface area contributed by atoms with Crippen molar-refractivity contribution in [2.75, 3.05) is 32.5 Å². The van der Waals surface area contributed by atoms with Crippen LogP contribution >= 0.6 is 0 Å². The maximum atomic E-state index is 15.0. The van der Waals surface area contributed by atoms with Crippen molar-refractivity contribution >= 4 is 11.5 Å². The monoisotopic (exact) mass is 459 g/mol. The number of halogens is 3. The first-order chi connectivity index (χ1) is 16.1. The third-order valence-corrected chi connectivity index (χ3v) is 5.45. The predicted molar refractivity (Wildman–Crippen MR) is 114 cm³/mol. The number of ether oxygens (including phenoxy) is 4. The molecule has 2 aromatic carbocycles. The van der Waals surface area contributed by atoms with E-state index in [0.717, 1.165) is 12.1 Å². The van der Waals surface area contributed by atoms with Gasteiger partial charge in [-0.25, -0.2) is 13.2 Å². The highest BCUT2D eigenvalue weighted by Gasteiger charge is 2.42. The van der Waals surface area contributed by atoms with Gasteiger partial charge in [-0.2, -0.15) is 0 Å². The van der Waals surface area contributed by atoms with Gasteiger partial charge in [0.2, 0.25) is 6.86 Å². The molecule has 0 saturated heterocycles. The van der Waals surface area contributed by atoms with Crippen LogP contribution in [0.2, 0.25) is 0 Å². The van der Waals surface area contributed by atoms with E-state index in [0.29, 0.717) is 42.1 Å². The molecule has 0 bridgehead atoms. The van der Waals surface area contributed by atoms with E-state index in [9.17, 15) is 4.39 Å². The molecule has 2 aromatic rings. The number of hydrogen-bond acceptors (Lipinski definition) is 7. The van der Waals surface area contributed by atoms with Crippen LogP contribution in [-0.2, 0) is 4.74 Å². The summed E-state index contributed by atoms with van der Waals surface area (Å²) in [5.41, 5.74) is 0.357. The molecule has 10 heteroatoms.